The van der Waals surface area contributed by atoms with E-state index in [1.54, 1.807) is 13.8 Å². The van der Waals surface area contributed by atoms with E-state index in [0.717, 1.165) is 19.3 Å². The number of rotatable bonds is 3. The van der Waals surface area contributed by atoms with Gasteiger partial charge in [-0.15, -0.1) is 0 Å². The molecule has 0 aromatic heterocycles. The quantitative estimate of drug-likeness (QED) is 0.637. The number of ether oxygens (including phenoxy) is 2. The molecule has 2 N–H and O–H groups in total. The predicted octanol–water partition coefficient (Wildman–Crippen LogP) is 2.52. The molecule has 5 heteroatoms. The summed E-state index contributed by atoms with van der Waals surface area (Å²) in [7, 11) is 0. The van der Waals surface area contributed by atoms with Gasteiger partial charge in [0, 0.05) is 5.92 Å². The second kappa shape index (κ2) is 6.49. The first-order valence-electron chi connectivity index (χ1n) is 7.20. The smallest absolute Gasteiger partial charge is 0.338 e. The van der Waals surface area contributed by atoms with Crippen LogP contribution in [0, 0.1) is 23.2 Å². The lowest BCUT2D eigenvalue weighted by Crippen LogP contribution is -2.32. The van der Waals surface area contributed by atoms with Gasteiger partial charge in [-0.05, 0) is 39.0 Å². The van der Waals surface area contributed by atoms with Crippen LogP contribution in [0.1, 0.15) is 33.1 Å². The van der Waals surface area contributed by atoms with Gasteiger partial charge in [0.05, 0.1) is 17.8 Å². The summed E-state index contributed by atoms with van der Waals surface area (Å²) in [6.07, 6.45) is 6.88. The van der Waals surface area contributed by atoms with Crippen LogP contribution in [-0.4, -0.2) is 12.6 Å². The number of nitrogens with zero attached hydrogens (tertiary/aromatic N) is 1. The Morgan fingerprint density at radius 2 is 2.33 bits per heavy atom. The van der Waals surface area contributed by atoms with Gasteiger partial charge in [0.1, 0.15) is 11.8 Å². The summed E-state index contributed by atoms with van der Waals surface area (Å²) in [4.78, 5) is 12.3. The lowest BCUT2D eigenvalue weighted by molar-refractivity contribution is -0.139. The van der Waals surface area contributed by atoms with Crippen LogP contribution in [0.25, 0.3) is 0 Å². The van der Waals surface area contributed by atoms with Crippen LogP contribution < -0.4 is 5.73 Å². The fourth-order valence-corrected chi connectivity index (χ4v) is 2.99. The molecular weight excluding hydrogens is 268 g/mol. The molecular formula is C16H20N2O3. The molecule has 0 saturated carbocycles. The van der Waals surface area contributed by atoms with Gasteiger partial charge in [0.25, 0.3) is 0 Å². The van der Waals surface area contributed by atoms with Gasteiger partial charge in [-0.2, -0.15) is 5.26 Å². The SMILES string of the molecule is CCOC(=O)C1=C(C)OC(N)=C(C#N)C1C1CC=CCC1. The van der Waals surface area contributed by atoms with E-state index in [0.29, 0.717) is 16.9 Å². The Morgan fingerprint density at radius 3 is 2.90 bits per heavy atom. The van der Waals surface area contributed by atoms with Crippen LogP contribution in [0.2, 0.25) is 0 Å². The number of nitrogens with two attached hydrogens (primary N) is 1. The summed E-state index contributed by atoms with van der Waals surface area (Å²) >= 11 is 0. The lowest BCUT2D eigenvalue weighted by Gasteiger charge is -2.33. The second-order valence-corrected chi connectivity index (χ2v) is 5.20. The summed E-state index contributed by atoms with van der Waals surface area (Å²) in [5.74, 6) is -0.0592. The Hall–Kier alpha value is -2.22. The van der Waals surface area contributed by atoms with E-state index in [4.69, 9.17) is 15.2 Å². The molecule has 1 aliphatic heterocycles. The molecule has 1 heterocycles. The molecule has 112 valence electrons. The van der Waals surface area contributed by atoms with Crippen LogP contribution in [0.4, 0.5) is 0 Å². The average molecular weight is 288 g/mol. The molecule has 0 aromatic rings. The van der Waals surface area contributed by atoms with Crippen molar-refractivity contribution < 1.29 is 14.3 Å². The van der Waals surface area contributed by atoms with Crippen LogP contribution in [0.15, 0.2) is 34.9 Å². The number of esters is 1. The number of hydrogen-bond acceptors (Lipinski definition) is 5. The van der Waals surface area contributed by atoms with Gasteiger partial charge >= 0.3 is 5.97 Å². The molecule has 0 saturated heterocycles. The normalized spacial score (nSPS) is 25.4. The van der Waals surface area contributed by atoms with Crippen molar-refractivity contribution in [2.75, 3.05) is 6.61 Å². The standard InChI is InChI=1S/C16H20N2O3/c1-3-20-16(19)13-10(2)21-15(18)12(9-17)14(13)11-7-5-4-6-8-11/h4-5,11,14H,3,6-8,18H2,1-2H3. The Bertz CT molecular complexity index is 567. The lowest BCUT2D eigenvalue weighted by atomic mass is 9.74. The zero-order valence-electron chi connectivity index (χ0n) is 12.4. The van der Waals surface area contributed by atoms with Gasteiger partial charge in [-0.1, -0.05) is 12.2 Å². The molecule has 0 radical (unpaired) electrons. The monoisotopic (exact) mass is 288 g/mol. The summed E-state index contributed by atoms with van der Waals surface area (Å²) in [5.41, 5.74) is 6.61. The largest absolute Gasteiger partial charge is 0.463 e. The first-order chi connectivity index (χ1) is 10.1. The van der Waals surface area contributed by atoms with Gasteiger partial charge < -0.3 is 15.2 Å². The third kappa shape index (κ3) is 2.94. The van der Waals surface area contributed by atoms with E-state index >= 15 is 0 Å². The summed E-state index contributed by atoms with van der Waals surface area (Å²) in [6.45, 7) is 3.73. The highest BCUT2D eigenvalue weighted by molar-refractivity contribution is 5.91. The number of carbonyl (C=O) groups is 1. The van der Waals surface area contributed by atoms with E-state index in [1.807, 2.05) is 0 Å². The van der Waals surface area contributed by atoms with Crippen molar-refractivity contribution in [1.82, 2.24) is 0 Å². The third-order valence-electron chi connectivity index (χ3n) is 3.93. The third-order valence-corrected chi connectivity index (χ3v) is 3.93. The molecule has 21 heavy (non-hydrogen) atoms. The highest BCUT2D eigenvalue weighted by Crippen LogP contribution is 2.41. The maximum Gasteiger partial charge on any atom is 0.338 e. The van der Waals surface area contributed by atoms with E-state index in [2.05, 4.69) is 18.2 Å². The van der Waals surface area contributed by atoms with Gasteiger partial charge in [0.2, 0.25) is 5.88 Å². The second-order valence-electron chi connectivity index (χ2n) is 5.20. The van der Waals surface area contributed by atoms with Gasteiger partial charge in [0.15, 0.2) is 0 Å². The first-order valence-corrected chi connectivity index (χ1v) is 7.20. The fraction of sp³-hybridized carbons (Fsp3) is 0.500. The average Bonchev–Trinajstić information content (AvgIpc) is 2.47. The van der Waals surface area contributed by atoms with E-state index in [9.17, 15) is 10.1 Å². The van der Waals surface area contributed by atoms with Gasteiger partial charge in [-0.25, -0.2) is 4.79 Å². The molecule has 0 amide bonds. The van der Waals surface area contributed by atoms with E-state index < -0.39 is 5.97 Å². The van der Waals surface area contributed by atoms with Gasteiger partial charge in [-0.3, -0.25) is 0 Å². The minimum Gasteiger partial charge on any atom is -0.463 e. The summed E-state index contributed by atoms with van der Waals surface area (Å²) in [6, 6.07) is 2.11. The minimum absolute atomic E-state index is 0.0996. The summed E-state index contributed by atoms with van der Waals surface area (Å²) < 4.78 is 10.5. The van der Waals surface area contributed by atoms with Crippen LogP contribution >= 0.6 is 0 Å². The molecule has 0 bridgehead atoms. The van der Waals surface area contributed by atoms with Crippen molar-refractivity contribution in [1.29, 1.82) is 5.26 Å². The maximum absolute atomic E-state index is 12.3. The molecule has 2 unspecified atom stereocenters. The molecule has 0 fully saturated rings. The van der Waals surface area contributed by atoms with Crippen molar-refractivity contribution in [3.05, 3.63) is 34.9 Å². The van der Waals surface area contributed by atoms with Crippen molar-refractivity contribution in [3.8, 4) is 6.07 Å². The van der Waals surface area contributed by atoms with Crippen molar-refractivity contribution in [2.24, 2.45) is 17.6 Å². The molecule has 2 rings (SSSR count). The molecule has 2 aliphatic rings. The Morgan fingerprint density at radius 1 is 1.57 bits per heavy atom. The van der Waals surface area contributed by atoms with Crippen LogP contribution in [0.3, 0.4) is 0 Å². The first kappa shape index (κ1) is 15.2. The highest BCUT2D eigenvalue weighted by atomic mass is 16.5. The number of nitriles is 1. The Labute approximate surface area is 124 Å². The van der Waals surface area contributed by atoms with Crippen molar-refractivity contribution in [2.45, 2.75) is 33.1 Å². The van der Waals surface area contributed by atoms with Crippen LogP contribution in [-0.2, 0) is 14.3 Å². The zero-order chi connectivity index (χ0) is 15.4. The fourth-order valence-electron chi connectivity index (χ4n) is 2.99. The molecule has 1 aliphatic carbocycles. The topological polar surface area (TPSA) is 85.3 Å². The molecule has 2 atom stereocenters. The van der Waals surface area contributed by atoms with E-state index in [-0.39, 0.29) is 24.3 Å². The zero-order valence-corrected chi connectivity index (χ0v) is 12.4. The molecule has 0 spiro atoms. The Balaban J connectivity index is 2.44. The predicted molar refractivity (Wildman–Crippen MR) is 77.2 cm³/mol. The molecule has 5 nitrogen and oxygen atoms in total. The van der Waals surface area contributed by atoms with Crippen molar-refractivity contribution >= 4 is 5.97 Å². The Kier molecular flexibility index (Phi) is 4.69. The van der Waals surface area contributed by atoms with E-state index in [1.165, 1.54) is 0 Å². The highest BCUT2D eigenvalue weighted by Gasteiger charge is 2.39. The minimum atomic E-state index is -0.421. The maximum atomic E-state index is 12.3. The number of carbonyl (C=O) groups excluding carboxylic acids is 1. The van der Waals surface area contributed by atoms with Crippen molar-refractivity contribution in [3.63, 3.8) is 0 Å². The number of hydrogen-bond donors (Lipinski definition) is 1. The molecule has 0 aromatic carbocycles. The van der Waals surface area contributed by atoms with Crippen LogP contribution in [0.5, 0.6) is 0 Å². The number of allylic oxidation sites excluding steroid dienone is 4. The summed E-state index contributed by atoms with van der Waals surface area (Å²) in [5, 5.41) is 9.42.